The molecule has 0 unspecified atom stereocenters. The molecule has 0 spiro atoms. The molecular weight excluding hydrogens is 306 g/mol. The topological polar surface area (TPSA) is 85.5 Å². The van der Waals surface area contributed by atoms with E-state index in [4.69, 9.17) is 10.4 Å². The molecule has 5 nitrogen and oxygen atoms in total. The normalized spacial score (nSPS) is 10.8. The molecule has 88 valence electrons. The van der Waals surface area contributed by atoms with Crippen LogP contribution in [-0.4, -0.2) is 22.5 Å². The molecule has 0 saturated carbocycles. The van der Waals surface area contributed by atoms with E-state index in [1.165, 1.54) is 17.8 Å². The Balaban J connectivity index is 3.22. The minimum atomic E-state index is -1.07. The maximum Gasteiger partial charge on any atom is 0.337 e. The van der Waals surface area contributed by atoms with Gasteiger partial charge in [0.1, 0.15) is 0 Å². The van der Waals surface area contributed by atoms with Crippen molar-refractivity contribution in [3.05, 3.63) is 28.2 Å². The summed E-state index contributed by atoms with van der Waals surface area (Å²) in [6, 6.07) is 4.73. The van der Waals surface area contributed by atoms with E-state index in [9.17, 15) is 4.79 Å². The van der Waals surface area contributed by atoms with Crippen LogP contribution >= 0.6 is 27.7 Å². The Morgan fingerprint density at radius 1 is 1.65 bits per heavy atom. The van der Waals surface area contributed by atoms with E-state index in [1.54, 1.807) is 24.6 Å². The third-order valence-corrected chi connectivity index (χ3v) is 2.84. The molecule has 1 aromatic rings. The minimum absolute atomic E-state index is 0.0747. The van der Waals surface area contributed by atoms with E-state index in [1.807, 2.05) is 0 Å². The fourth-order valence-electron chi connectivity index (χ4n) is 1.06. The largest absolute Gasteiger partial charge is 0.478 e. The number of carboxylic acids is 1. The maximum absolute atomic E-state index is 11.0. The summed E-state index contributed by atoms with van der Waals surface area (Å²) in [5.74, 6) is -1.07. The van der Waals surface area contributed by atoms with Gasteiger partial charge < -0.3 is 5.11 Å². The lowest BCUT2D eigenvalue weighted by molar-refractivity contribution is 0.0698. The van der Waals surface area contributed by atoms with Crippen molar-refractivity contribution >= 4 is 44.5 Å². The summed E-state index contributed by atoms with van der Waals surface area (Å²) < 4.78 is 0.660. The SMILES string of the molecule is CSC(=Nc1ccc(Br)cc1C(=O)O)NC#N. The van der Waals surface area contributed by atoms with Gasteiger partial charge in [-0.2, -0.15) is 5.26 Å². The first kappa shape index (κ1) is 13.5. The van der Waals surface area contributed by atoms with Gasteiger partial charge in [-0.1, -0.05) is 27.7 Å². The molecule has 1 aromatic carbocycles. The van der Waals surface area contributed by atoms with Crippen LogP contribution in [0.15, 0.2) is 27.7 Å². The molecule has 0 aromatic heterocycles. The van der Waals surface area contributed by atoms with Crippen molar-refractivity contribution in [2.45, 2.75) is 0 Å². The summed E-state index contributed by atoms with van der Waals surface area (Å²) in [5, 5.41) is 20.2. The quantitative estimate of drug-likeness (QED) is 0.379. The van der Waals surface area contributed by atoms with Crippen LogP contribution in [0.3, 0.4) is 0 Å². The van der Waals surface area contributed by atoms with Crippen LogP contribution in [0, 0.1) is 11.5 Å². The molecule has 0 aliphatic heterocycles. The average molecular weight is 314 g/mol. The smallest absolute Gasteiger partial charge is 0.337 e. The molecule has 2 N–H and O–H groups in total. The molecule has 0 saturated heterocycles. The van der Waals surface area contributed by atoms with Crippen LogP contribution in [-0.2, 0) is 0 Å². The third kappa shape index (κ3) is 3.76. The van der Waals surface area contributed by atoms with E-state index in [0.717, 1.165) is 0 Å². The molecule has 17 heavy (non-hydrogen) atoms. The number of nitrogens with one attached hydrogen (secondary N) is 1. The Bertz CT molecular complexity index is 511. The molecule has 1 rings (SSSR count). The number of aliphatic imine (C=N–C) groups is 1. The highest BCUT2D eigenvalue weighted by molar-refractivity contribution is 9.10. The van der Waals surface area contributed by atoms with E-state index < -0.39 is 5.97 Å². The van der Waals surface area contributed by atoms with Crippen molar-refractivity contribution in [1.29, 1.82) is 5.26 Å². The lowest BCUT2D eigenvalue weighted by Crippen LogP contribution is -2.12. The third-order valence-electron chi connectivity index (χ3n) is 1.77. The van der Waals surface area contributed by atoms with Crippen LogP contribution in [0.5, 0.6) is 0 Å². The average Bonchev–Trinajstić information content (AvgIpc) is 2.30. The Kier molecular flexibility index (Phi) is 5.00. The van der Waals surface area contributed by atoms with Crippen molar-refractivity contribution in [3.63, 3.8) is 0 Å². The second kappa shape index (κ2) is 6.27. The molecule has 0 bridgehead atoms. The molecular formula is C10H8BrN3O2S. The number of nitrogens with zero attached hydrogens (tertiary/aromatic N) is 2. The van der Waals surface area contributed by atoms with Gasteiger partial charge in [0.15, 0.2) is 11.4 Å². The van der Waals surface area contributed by atoms with Gasteiger partial charge in [0.05, 0.1) is 11.3 Å². The Labute approximate surface area is 111 Å². The lowest BCUT2D eigenvalue weighted by Gasteiger charge is -2.04. The van der Waals surface area contributed by atoms with Crippen LogP contribution < -0.4 is 5.32 Å². The predicted octanol–water partition coefficient (Wildman–Crippen LogP) is 2.57. The highest BCUT2D eigenvalue weighted by atomic mass is 79.9. The van der Waals surface area contributed by atoms with E-state index in [2.05, 4.69) is 26.2 Å². The summed E-state index contributed by atoms with van der Waals surface area (Å²) in [6.07, 6.45) is 3.48. The molecule has 0 aliphatic carbocycles. The van der Waals surface area contributed by atoms with Crippen molar-refractivity contribution in [2.75, 3.05) is 6.26 Å². The van der Waals surface area contributed by atoms with E-state index in [-0.39, 0.29) is 5.56 Å². The van der Waals surface area contributed by atoms with Gasteiger partial charge in [-0.05, 0) is 24.5 Å². The molecule has 0 atom stereocenters. The highest BCUT2D eigenvalue weighted by Crippen LogP contribution is 2.24. The molecule has 0 fully saturated rings. The predicted molar refractivity (Wildman–Crippen MR) is 70.5 cm³/mol. The first-order valence-corrected chi connectivity index (χ1v) is 6.41. The van der Waals surface area contributed by atoms with Crippen molar-refractivity contribution in [2.24, 2.45) is 4.99 Å². The van der Waals surface area contributed by atoms with Gasteiger partial charge >= 0.3 is 5.97 Å². The zero-order chi connectivity index (χ0) is 12.8. The summed E-state index contributed by atoms with van der Waals surface area (Å²) in [4.78, 5) is 15.1. The number of nitriles is 1. The number of aromatic carboxylic acids is 1. The second-order valence-electron chi connectivity index (χ2n) is 2.82. The first-order valence-electron chi connectivity index (χ1n) is 4.39. The Morgan fingerprint density at radius 2 is 2.35 bits per heavy atom. The van der Waals surface area contributed by atoms with Crippen LogP contribution in [0.4, 0.5) is 5.69 Å². The van der Waals surface area contributed by atoms with Gasteiger partial charge in [-0.3, -0.25) is 5.32 Å². The van der Waals surface area contributed by atoms with Crippen LogP contribution in [0.2, 0.25) is 0 Å². The number of rotatable bonds is 2. The second-order valence-corrected chi connectivity index (χ2v) is 4.54. The van der Waals surface area contributed by atoms with Gasteiger partial charge in [0.25, 0.3) is 0 Å². The lowest BCUT2D eigenvalue weighted by atomic mass is 10.2. The van der Waals surface area contributed by atoms with Crippen molar-refractivity contribution in [1.82, 2.24) is 5.32 Å². The molecule has 0 aliphatic rings. The van der Waals surface area contributed by atoms with Crippen LogP contribution in [0.1, 0.15) is 10.4 Å². The van der Waals surface area contributed by atoms with Crippen molar-refractivity contribution in [3.8, 4) is 6.19 Å². The number of hydrogen-bond donors (Lipinski definition) is 2. The molecule has 0 amide bonds. The Morgan fingerprint density at radius 3 is 2.88 bits per heavy atom. The minimum Gasteiger partial charge on any atom is -0.478 e. The maximum atomic E-state index is 11.0. The Hall–Kier alpha value is -1.52. The number of benzene rings is 1. The fraction of sp³-hybridized carbons (Fsp3) is 0.100. The van der Waals surface area contributed by atoms with E-state index >= 15 is 0 Å². The standard InChI is InChI=1S/C10H8BrN3O2S/c1-17-10(13-5-12)14-8-3-2-6(11)4-7(8)9(15)16/h2-4H,1H3,(H,13,14)(H,15,16). The molecule has 0 heterocycles. The number of hydrogen-bond acceptors (Lipinski definition) is 4. The first-order chi connectivity index (χ1) is 8.08. The van der Waals surface area contributed by atoms with E-state index in [0.29, 0.717) is 15.3 Å². The monoisotopic (exact) mass is 313 g/mol. The molecule has 0 radical (unpaired) electrons. The van der Waals surface area contributed by atoms with Crippen LogP contribution in [0.25, 0.3) is 0 Å². The number of amidine groups is 1. The number of carboxylic acid groups (broad SMARTS) is 1. The van der Waals surface area contributed by atoms with Gasteiger partial charge in [0, 0.05) is 4.47 Å². The summed E-state index contributed by atoms with van der Waals surface area (Å²) in [5.41, 5.74) is 0.374. The summed E-state index contributed by atoms with van der Waals surface area (Å²) in [7, 11) is 0. The van der Waals surface area contributed by atoms with Gasteiger partial charge in [-0.25, -0.2) is 9.79 Å². The number of halogens is 1. The van der Waals surface area contributed by atoms with Crippen molar-refractivity contribution < 1.29 is 9.90 Å². The molecule has 7 heteroatoms. The number of carbonyl (C=O) groups is 1. The van der Waals surface area contributed by atoms with Gasteiger partial charge in [0.2, 0.25) is 0 Å². The zero-order valence-electron chi connectivity index (χ0n) is 8.77. The number of thioether (sulfide) groups is 1. The highest BCUT2D eigenvalue weighted by Gasteiger charge is 2.10. The summed E-state index contributed by atoms with van der Waals surface area (Å²) >= 11 is 4.42. The summed E-state index contributed by atoms with van der Waals surface area (Å²) in [6.45, 7) is 0. The zero-order valence-corrected chi connectivity index (χ0v) is 11.2. The van der Waals surface area contributed by atoms with Gasteiger partial charge in [-0.15, -0.1) is 0 Å². The fourth-order valence-corrected chi connectivity index (χ4v) is 1.76.